The Balaban J connectivity index is 3.21. The van der Waals surface area contributed by atoms with Crippen molar-refractivity contribution in [1.82, 2.24) is 0 Å². The first kappa shape index (κ1) is 16.9. The summed E-state index contributed by atoms with van der Waals surface area (Å²) >= 11 is 0. The summed E-state index contributed by atoms with van der Waals surface area (Å²) in [5.41, 5.74) is -0.497. The highest BCUT2D eigenvalue weighted by Crippen LogP contribution is 2.26. The number of aliphatic hydroxyl groups excluding tert-OH is 2. The van der Waals surface area contributed by atoms with Crippen LogP contribution in [0.4, 0.5) is 5.69 Å². The molecule has 0 saturated carbocycles. The van der Waals surface area contributed by atoms with Crippen molar-refractivity contribution in [3.8, 4) is 0 Å². The van der Waals surface area contributed by atoms with Gasteiger partial charge in [0.1, 0.15) is 0 Å². The van der Waals surface area contributed by atoms with Crippen LogP contribution in [0.1, 0.15) is 26.7 Å². The van der Waals surface area contributed by atoms with Gasteiger partial charge in [0.25, 0.3) is 0 Å². The molecule has 114 valence electrons. The van der Waals surface area contributed by atoms with E-state index in [-0.39, 0.29) is 23.9 Å². The zero-order chi connectivity index (χ0) is 15.2. The smallest absolute Gasteiger partial charge is 0.180 e. The molecule has 0 aliphatic heterocycles. The molecule has 0 heterocycles. The molecule has 0 bridgehead atoms. The molecule has 0 radical (unpaired) electrons. The fraction of sp³-hybridized carbons (Fsp3) is 0.571. The van der Waals surface area contributed by atoms with Gasteiger partial charge >= 0.3 is 0 Å². The fourth-order valence-corrected chi connectivity index (χ4v) is 3.44. The van der Waals surface area contributed by atoms with Crippen LogP contribution >= 0.6 is 0 Å². The summed E-state index contributed by atoms with van der Waals surface area (Å²) < 4.78 is 24.5. The first-order valence-corrected chi connectivity index (χ1v) is 8.41. The maximum atomic E-state index is 12.2. The highest BCUT2D eigenvalue weighted by molar-refractivity contribution is 7.91. The minimum absolute atomic E-state index is 0.0725. The van der Waals surface area contributed by atoms with Crippen LogP contribution in [0.15, 0.2) is 29.2 Å². The number of hydrogen-bond donors (Lipinski definition) is 3. The lowest BCUT2D eigenvalue weighted by Gasteiger charge is -2.31. The Morgan fingerprint density at radius 1 is 1.15 bits per heavy atom. The zero-order valence-electron chi connectivity index (χ0n) is 12.0. The maximum Gasteiger partial charge on any atom is 0.180 e. The average molecular weight is 301 g/mol. The summed E-state index contributed by atoms with van der Waals surface area (Å²) in [6.07, 6.45) is 1.01. The largest absolute Gasteiger partial charge is 0.394 e. The van der Waals surface area contributed by atoms with Gasteiger partial charge in [0.15, 0.2) is 9.84 Å². The van der Waals surface area contributed by atoms with Crippen LogP contribution in [-0.2, 0) is 9.84 Å². The molecule has 6 heteroatoms. The summed E-state index contributed by atoms with van der Waals surface area (Å²) in [7, 11) is -3.36. The second-order valence-corrected chi connectivity index (χ2v) is 6.97. The fourth-order valence-electron chi connectivity index (χ4n) is 1.95. The summed E-state index contributed by atoms with van der Waals surface area (Å²) in [6, 6.07) is 6.59. The van der Waals surface area contributed by atoms with Gasteiger partial charge in [-0.05, 0) is 25.0 Å². The first-order valence-electron chi connectivity index (χ1n) is 6.76. The molecule has 0 amide bonds. The molecule has 3 N–H and O–H groups in total. The van der Waals surface area contributed by atoms with Crippen LogP contribution in [0, 0.1) is 0 Å². The number of rotatable bonds is 8. The van der Waals surface area contributed by atoms with E-state index in [1.807, 2.05) is 13.8 Å². The first-order chi connectivity index (χ1) is 9.44. The molecule has 1 rings (SSSR count). The van der Waals surface area contributed by atoms with Crippen LogP contribution in [0.5, 0.6) is 0 Å². The Hall–Kier alpha value is -1.11. The van der Waals surface area contributed by atoms with Gasteiger partial charge in [0.2, 0.25) is 0 Å². The van der Waals surface area contributed by atoms with Gasteiger partial charge < -0.3 is 15.5 Å². The van der Waals surface area contributed by atoms with Crippen molar-refractivity contribution in [2.24, 2.45) is 0 Å². The van der Waals surface area contributed by atoms with Crippen LogP contribution in [0.3, 0.4) is 0 Å². The predicted molar refractivity (Wildman–Crippen MR) is 79.6 cm³/mol. The Morgan fingerprint density at radius 3 is 2.25 bits per heavy atom. The lowest BCUT2D eigenvalue weighted by Crippen LogP contribution is -2.45. The van der Waals surface area contributed by atoms with Crippen molar-refractivity contribution >= 4 is 15.5 Å². The molecule has 0 aliphatic carbocycles. The molecule has 5 nitrogen and oxygen atoms in total. The second kappa shape index (κ2) is 7.06. The van der Waals surface area contributed by atoms with Crippen molar-refractivity contribution in [3.05, 3.63) is 24.3 Å². The van der Waals surface area contributed by atoms with E-state index in [0.717, 1.165) is 0 Å². The SMILES string of the molecule is CCCS(=O)(=O)c1ccccc1NC(CC)(CO)CO. The van der Waals surface area contributed by atoms with E-state index in [1.54, 1.807) is 24.3 Å². The quantitative estimate of drug-likeness (QED) is 0.676. The standard InChI is InChI=1S/C14H23NO4S/c1-3-9-20(18,19)13-8-6-5-7-12(13)15-14(4-2,10-16)11-17/h5-8,15-17H,3-4,9-11H2,1-2H3. The summed E-state index contributed by atoms with van der Waals surface area (Å²) in [6.45, 7) is 3.08. The van der Waals surface area contributed by atoms with Crippen molar-refractivity contribution < 1.29 is 18.6 Å². The molecule has 0 aromatic heterocycles. The number of nitrogens with one attached hydrogen (secondary N) is 1. The van der Waals surface area contributed by atoms with Gasteiger partial charge in [-0.25, -0.2) is 8.42 Å². The van der Waals surface area contributed by atoms with Gasteiger partial charge in [-0.1, -0.05) is 26.0 Å². The lowest BCUT2D eigenvalue weighted by atomic mass is 9.98. The third kappa shape index (κ3) is 3.71. The summed E-state index contributed by atoms with van der Waals surface area (Å²) in [5.74, 6) is 0.0725. The highest BCUT2D eigenvalue weighted by Gasteiger charge is 2.28. The third-order valence-electron chi connectivity index (χ3n) is 3.38. The van der Waals surface area contributed by atoms with Gasteiger partial charge in [0, 0.05) is 0 Å². The van der Waals surface area contributed by atoms with E-state index >= 15 is 0 Å². The highest BCUT2D eigenvalue weighted by atomic mass is 32.2. The van der Waals surface area contributed by atoms with Crippen LogP contribution in [-0.4, -0.2) is 43.1 Å². The third-order valence-corrected chi connectivity index (χ3v) is 5.35. The molecule has 0 saturated heterocycles. The average Bonchev–Trinajstić information content (AvgIpc) is 2.45. The van der Waals surface area contributed by atoms with Crippen LogP contribution in [0.25, 0.3) is 0 Å². The van der Waals surface area contributed by atoms with E-state index in [2.05, 4.69) is 5.32 Å². The summed E-state index contributed by atoms with van der Waals surface area (Å²) in [5, 5.41) is 21.9. The van der Waals surface area contributed by atoms with E-state index in [0.29, 0.717) is 18.5 Å². The number of benzene rings is 1. The molecule has 0 spiro atoms. The van der Waals surface area contributed by atoms with Crippen molar-refractivity contribution in [1.29, 1.82) is 0 Å². The molecule has 0 fully saturated rings. The van der Waals surface area contributed by atoms with Gasteiger partial charge in [-0.2, -0.15) is 0 Å². The van der Waals surface area contributed by atoms with E-state index in [1.165, 1.54) is 0 Å². The number of aliphatic hydroxyl groups is 2. The van der Waals surface area contributed by atoms with Gasteiger partial charge in [-0.3, -0.25) is 0 Å². The monoisotopic (exact) mass is 301 g/mol. The minimum atomic E-state index is -3.36. The Labute approximate surface area is 120 Å². The Morgan fingerprint density at radius 2 is 1.75 bits per heavy atom. The van der Waals surface area contributed by atoms with E-state index in [9.17, 15) is 18.6 Å². The van der Waals surface area contributed by atoms with Gasteiger partial charge in [-0.15, -0.1) is 0 Å². The molecule has 1 aromatic rings. The van der Waals surface area contributed by atoms with Crippen LogP contribution < -0.4 is 5.32 Å². The van der Waals surface area contributed by atoms with Crippen molar-refractivity contribution in [2.45, 2.75) is 37.1 Å². The Kier molecular flexibility index (Phi) is 5.98. The van der Waals surface area contributed by atoms with E-state index in [4.69, 9.17) is 0 Å². The molecule has 20 heavy (non-hydrogen) atoms. The molecule has 1 aromatic carbocycles. The Bertz CT molecular complexity index is 515. The lowest BCUT2D eigenvalue weighted by molar-refractivity contribution is 0.132. The molecule has 0 unspecified atom stereocenters. The number of para-hydroxylation sites is 1. The predicted octanol–water partition coefficient (Wildman–Crippen LogP) is 1.42. The number of sulfone groups is 1. The molecular weight excluding hydrogens is 278 g/mol. The molecule has 0 aliphatic rings. The van der Waals surface area contributed by atoms with Crippen LogP contribution in [0.2, 0.25) is 0 Å². The van der Waals surface area contributed by atoms with Crippen molar-refractivity contribution in [3.63, 3.8) is 0 Å². The maximum absolute atomic E-state index is 12.2. The number of anilines is 1. The molecular formula is C14H23NO4S. The normalized spacial score (nSPS) is 12.4. The number of hydrogen-bond acceptors (Lipinski definition) is 5. The minimum Gasteiger partial charge on any atom is -0.394 e. The van der Waals surface area contributed by atoms with Gasteiger partial charge in [0.05, 0.1) is 35.1 Å². The second-order valence-electron chi connectivity index (χ2n) is 4.89. The van der Waals surface area contributed by atoms with E-state index < -0.39 is 15.4 Å². The molecule has 0 atom stereocenters. The zero-order valence-corrected chi connectivity index (χ0v) is 12.8. The summed E-state index contributed by atoms with van der Waals surface area (Å²) in [4.78, 5) is 0.210. The van der Waals surface area contributed by atoms with Crippen molar-refractivity contribution in [2.75, 3.05) is 24.3 Å². The topological polar surface area (TPSA) is 86.6 Å².